The minimum Gasteiger partial charge on any atom is -0.497 e. The zero-order valence-corrected chi connectivity index (χ0v) is 15.4. The fraction of sp³-hybridized carbons (Fsp3) is 0.294. The Balaban J connectivity index is 2.26. The number of hydrogen-bond donors (Lipinski definition) is 1. The molecule has 2 nitrogen and oxygen atoms in total. The number of ether oxygens (including phenoxy) is 1. The summed E-state index contributed by atoms with van der Waals surface area (Å²) in [6.45, 7) is 3.06. The van der Waals surface area contributed by atoms with Crippen LogP contribution in [0.1, 0.15) is 24.1 Å². The van der Waals surface area contributed by atoms with Crippen molar-refractivity contribution in [3.8, 4) is 5.75 Å². The van der Waals surface area contributed by atoms with Gasteiger partial charge >= 0.3 is 0 Å². The maximum absolute atomic E-state index is 5.27. The standard InChI is InChI=1S/C17H19Br2NO/c1-3-20-17(10-12-5-4-6-13(18)9-12)15-8-7-14(21-2)11-16(15)19/h4-9,11,17,20H,3,10H2,1-2H3. The molecule has 2 rings (SSSR count). The Kier molecular flexibility index (Phi) is 6.27. The van der Waals surface area contributed by atoms with Gasteiger partial charge in [0.1, 0.15) is 5.75 Å². The van der Waals surface area contributed by atoms with Crippen LogP contribution < -0.4 is 10.1 Å². The second-order valence-corrected chi connectivity index (χ2v) is 6.60. The van der Waals surface area contributed by atoms with E-state index in [2.05, 4.69) is 74.4 Å². The van der Waals surface area contributed by atoms with Crippen LogP contribution in [0.2, 0.25) is 0 Å². The third-order valence-electron chi connectivity index (χ3n) is 3.36. The molecule has 2 aromatic rings. The van der Waals surface area contributed by atoms with Crippen molar-refractivity contribution in [3.63, 3.8) is 0 Å². The molecule has 1 N–H and O–H groups in total. The van der Waals surface area contributed by atoms with Gasteiger partial charge in [0.15, 0.2) is 0 Å². The summed E-state index contributed by atoms with van der Waals surface area (Å²) < 4.78 is 7.45. The first-order valence-corrected chi connectivity index (χ1v) is 8.54. The van der Waals surface area contributed by atoms with Gasteiger partial charge in [0, 0.05) is 15.0 Å². The number of rotatable bonds is 6. The molecule has 2 aromatic carbocycles. The average molecular weight is 413 g/mol. The first kappa shape index (κ1) is 16.5. The molecule has 0 heterocycles. The molecule has 21 heavy (non-hydrogen) atoms. The van der Waals surface area contributed by atoms with Crippen molar-refractivity contribution < 1.29 is 4.74 Å². The zero-order chi connectivity index (χ0) is 15.2. The van der Waals surface area contributed by atoms with Crippen molar-refractivity contribution in [2.75, 3.05) is 13.7 Å². The van der Waals surface area contributed by atoms with Gasteiger partial charge in [-0.3, -0.25) is 0 Å². The number of likely N-dealkylation sites (N-methyl/N-ethyl adjacent to an activating group) is 1. The summed E-state index contributed by atoms with van der Waals surface area (Å²) in [5.41, 5.74) is 2.55. The van der Waals surface area contributed by atoms with Crippen LogP contribution in [0.25, 0.3) is 0 Å². The first-order valence-electron chi connectivity index (χ1n) is 6.95. The van der Waals surface area contributed by atoms with Crippen LogP contribution in [0.5, 0.6) is 5.75 Å². The van der Waals surface area contributed by atoms with Gasteiger partial charge < -0.3 is 10.1 Å². The van der Waals surface area contributed by atoms with Crippen LogP contribution in [0.15, 0.2) is 51.4 Å². The van der Waals surface area contributed by atoms with E-state index in [1.807, 2.05) is 12.1 Å². The Morgan fingerprint density at radius 2 is 1.95 bits per heavy atom. The molecule has 0 saturated carbocycles. The van der Waals surface area contributed by atoms with Crippen molar-refractivity contribution >= 4 is 31.9 Å². The molecule has 4 heteroatoms. The van der Waals surface area contributed by atoms with Crippen molar-refractivity contribution in [1.29, 1.82) is 0 Å². The van der Waals surface area contributed by atoms with Gasteiger partial charge in [-0.15, -0.1) is 0 Å². The van der Waals surface area contributed by atoms with E-state index in [9.17, 15) is 0 Å². The molecule has 0 aromatic heterocycles. The third-order valence-corrected chi connectivity index (χ3v) is 4.54. The molecule has 1 unspecified atom stereocenters. The highest BCUT2D eigenvalue weighted by molar-refractivity contribution is 9.10. The fourth-order valence-corrected chi connectivity index (χ4v) is 3.44. The number of methoxy groups -OCH3 is 1. The van der Waals surface area contributed by atoms with Gasteiger partial charge in [-0.25, -0.2) is 0 Å². The maximum atomic E-state index is 5.27. The number of hydrogen-bond acceptors (Lipinski definition) is 2. The highest BCUT2D eigenvalue weighted by Gasteiger charge is 2.15. The molecule has 0 spiro atoms. The maximum Gasteiger partial charge on any atom is 0.120 e. The van der Waals surface area contributed by atoms with Crippen molar-refractivity contribution in [2.24, 2.45) is 0 Å². The lowest BCUT2D eigenvalue weighted by atomic mass is 9.98. The molecule has 0 aliphatic carbocycles. The van der Waals surface area contributed by atoms with Crippen molar-refractivity contribution in [3.05, 3.63) is 62.5 Å². The Morgan fingerprint density at radius 3 is 2.57 bits per heavy atom. The molecule has 0 fully saturated rings. The largest absolute Gasteiger partial charge is 0.497 e. The second-order valence-electron chi connectivity index (χ2n) is 4.83. The lowest BCUT2D eigenvalue weighted by Crippen LogP contribution is -2.23. The number of nitrogens with one attached hydrogen (secondary N) is 1. The summed E-state index contributed by atoms with van der Waals surface area (Å²) >= 11 is 7.19. The van der Waals surface area contributed by atoms with E-state index in [1.54, 1.807) is 7.11 Å². The van der Waals surface area contributed by atoms with Gasteiger partial charge in [-0.2, -0.15) is 0 Å². The van der Waals surface area contributed by atoms with E-state index in [0.717, 1.165) is 27.7 Å². The minimum atomic E-state index is 0.268. The van der Waals surface area contributed by atoms with E-state index >= 15 is 0 Å². The predicted molar refractivity (Wildman–Crippen MR) is 95.0 cm³/mol. The Bertz CT molecular complexity index is 601. The molecular formula is C17H19Br2NO. The first-order chi connectivity index (χ1) is 10.1. The van der Waals surface area contributed by atoms with Crippen molar-refractivity contribution in [2.45, 2.75) is 19.4 Å². The van der Waals surface area contributed by atoms with Gasteiger partial charge in [0.05, 0.1) is 7.11 Å². The molecule has 0 amide bonds. The van der Waals surface area contributed by atoms with Gasteiger partial charge in [-0.05, 0) is 48.4 Å². The van der Waals surface area contributed by atoms with E-state index in [4.69, 9.17) is 4.74 Å². The van der Waals surface area contributed by atoms with Crippen LogP contribution in [-0.2, 0) is 6.42 Å². The summed E-state index contributed by atoms with van der Waals surface area (Å²) in [6, 6.07) is 14.9. The lowest BCUT2D eigenvalue weighted by Gasteiger charge is -2.20. The molecular weight excluding hydrogens is 394 g/mol. The molecule has 0 aliphatic rings. The quantitative estimate of drug-likeness (QED) is 0.711. The predicted octanol–water partition coefficient (Wildman–Crippen LogP) is 5.11. The average Bonchev–Trinajstić information content (AvgIpc) is 2.47. The van der Waals surface area contributed by atoms with Gasteiger partial charge in [0.2, 0.25) is 0 Å². The highest BCUT2D eigenvalue weighted by atomic mass is 79.9. The van der Waals surface area contributed by atoms with E-state index in [1.165, 1.54) is 11.1 Å². The monoisotopic (exact) mass is 411 g/mol. The summed E-state index contributed by atoms with van der Waals surface area (Å²) in [6.07, 6.45) is 0.943. The van der Waals surface area contributed by atoms with Crippen LogP contribution in [-0.4, -0.2) is 13.7 Å². The highest BCUT2D eigenvalue weighted by Crippen LogP contribution is 2.30. The van der Waals surface area contributed by atoms with Crippen LogP contribution in [0.3, 0.4) is 0 Å². The fourth-order valence-electron chi connectivity index (χ4n) is 2.36. The Labute approximate surface area is 143 Å². The van der Waals surface area contributed by atoms with Crippen LogP contribution >= 0.6 is 31.9 Å². The molecule has 0 saturated heterocycles. The molecule has 0 aliphatic heterocycles. The van der Waals surface area contributed by atoms with Crippen LogP contribution in [0.4, 0.5) is 0 Å². The van der Waals surface area contributed by atoms with E-state index in [-0.39, 0.29) is 6.04 Å². The van der Waals surface area contributed by atoms with Gasteiger partial charge in [0.25, 0.3) is 0 Å². The molecule has 1 atom stereocenters. The van der Waals surface area contributed by atoms with Crippen LogP contribution in [0, 0.1) is 0 Å². The van der Waals surface area contributed by atoms with Crippen molar-refractivity contribution in [1.82, 2.24) is 5.32 Å². The Morgan fingerprint density at radius 1 is 1.14 bits per heavy atom. The molecule has 0 bridgehead atoms. The minimum absolute atomic E-state index is 0.268. The lowest BCUT2D eigenvalue weighted by molar-refractivity contribution is 0.414. The second kappa shape index (κ2) is 7.97. The summed E-state index contributed by atoms with van der Waals surface area (Å²) in [4.78, 5) is 0. The summed E-state index contributed by atoms with van der Waals surface area (Å²) in [5, 5.41) is 3.56. The Hall–Kier alpha value is -0.840. The molecule has 0 radical (unpaired) electrons. The SMILES string of the molecule is CCNC(Cc1cccc(Br)c1)c1ccc(OC)cc1Br. The normalized spacial score (nSPS) is 12.2. The van der Waals surface area contributed by atoms with E-state index in [0.29, 0.717) is 0 Å². The van der Waals surface area contributed by atoms with E-state index < -0.39 is 0 Å². The smallest absolute Gasteiger partial charge is 0.120 e. The van der Waals surface area contributed by atoms with Gasteiger partial charge in [-0.1, -0.05) is 57.0 Å². The summed E-state index contributed by atoms with van der Waals surface area (Å²) in [7, 11) is 1.69. The zero-order valence-electron chi connectivity index (χ0n) is 12.2. The number of halogens is 2. The summed E-state index contributed by atoms with van der Waals surface area (Å²) in [5.74, 6) is 0.864. The molecule has 112 valence electrons. The number of benzene rings is 2. The topological polar surface area (TPSA) is 21.3 Å². The third kappa shape index (κ3) is 4.56.